The molecule has 4 aromatic rings. The van der Waals surface area contributed by atoms with Crippen molar-refractivity contribution >= 4 is 28.3 Å². The van der Waals surface area contributed by atoms with E-state index in [1.165, 1.54) is 11.0 Å². The normalized spacial score (nSPS) is 14.4. The lowest BCUT2D eigenvalue weighted by molar-refractivity contribution is 0.0947. The molecule has 0 bridgehead atoms. The van der Waals surface area contributed by atoms with Gasteiger partial charge >= 0.3 is 0 Å². The van der Waals surface area contributed by atoms with Crippen LogP contribution in [0.2, 0.25) is 0 Å². The summed E-state index contributed by atoms with van der Waals surface area (Å²) < 4.78 is 33.3. The number of carbonyl (C=O) groups excluding carboxylic acids is 2. The van der Waals surface area contributed by atoms with Crippen LogP contribution in [0.1, 0.15) is 31.8 Å². The zero-order chi connectivity index (χ0) is 25.9. The lowest BCUT2D eigenvalue weighted by Crippen LogP contribution is -2.31. The quantitative estimate of drug-likeness (QED) is 0.389. The van der Waals surface area contributed by atoms with Gasteiger partial charge in [-0.15, -0.1) is 0 Å². The van der Waals surface area contributed by atoms with Crippen LogP contribution in [0.4, 0.5) is 10.1 Å². The highest BCUT2D eigenvalue weighted by atomic mass is 32.2. The van der Waals surface area contributed by atoms with Crippen LogP contribution >= 0.6 is 0 Å². The topological polar surface area (TPSA) is 75.7 Å². The predicted molar refractivity (Wildman–Crippen MR) is 139 cm³/mol. The van der Waals surface area contributed by atoms with E-state index < -0.39 is 22.5 Å². The van der Waals surface area contributed by atoms with Crippen LogP contribution < -0.4 is 15.0 Å². The Morgan fingerprint density at radius 3 is 2.43 bits per heavy atom. The van der Waals surface area contributed by atoms with Crippen molar-refractivity contribution in [3.8, 4) is 5.75 Å². The maximum Gasteiger partial charge on any atom is 0.259 e. The summed E-state index contributed by atoms with van der Waals surface area (Å²) in [7, 11) is -0.0860. The lowest BCUT2D eigenvalue weighted by Gasteiger charge is -2.24. The smallest absolute Gasteiger partial charge is 0.259 e. The van der Waals surface area contributed by atoms with Crippen molar-refractivity contribution in [2.24, 2.45) is 0 Å². The third-order valence-corrected chi connectivity index (χ3v) is 7.67. The van der Waals surface area contributed by atoms with Crippen LogP contribution in [0, 0.1) is 5.82 Å². The van der Waals surface area contributed by atoms with E-state index in [9.17, 15) is 18.2 Å². The maximum atomic E-state index is 14.6. The Labute approximate surface area is 216 Å². The summed E-state index contributed by atoms with van der Waals surface area (Å²) in [5, 5.41) is 2.87. The van der Waals surface area contributed by atoms with Crippen molar-refractivity contribution in [2.45, 2.75) is 22.9 Å². The van der Waals surface area contributed by atoms with Gasteiger partial charge in [0.15, 0.2) is 0 Å². The molecule has 0 aromatic heterocycles. The number of halogens is 1. The Morgan fingerprint density at radius 2 is 1.68 bits per heavy atom. The monoisotopic (exact) mass is 514 g/mol. The molecule has 0 saturated carbocycles. The van der Waals surface area contributed by atoms with Crippen LogP contribution in [-0.4, -0.2) is 23.1 Å². The molecule has 0 spiro atoms. The molecule has 1 aliphatic heterocycles. The molecule has 1 unspecified atom stereocenters. The molecule has 6 nitrogen and oxygen atoms in total. The fraction of sp³-hybridized carbons (Fsp3) is 0.103. The van der Waals surface area contributed by atoms with Crippen LogP contribution in [0.25, 0.3) is 0 Å². The summed E-state index contributed by atoms with van der Waals surface area (Å²) in [6, 6.07) is 24.9. The summed E-state index contributed by atoms with van der Waals surface area (Å²) in [5.41, 5.74) is 2.07. The third-order valence-electron chi connectivity index (χ3n) is 6.17. The van der Waals surface area contributed by atoms with Crippen molar-refractivity contribution in [2.75, 3.05) is 12.0 Å². The Balaban J connectivity index is 1.51. The van der Waals surface area contributed by atoms with Crippen LogP contribution in [-0.2, 0) is 23.9 Å². The molecule has 2 amide bonds. The zero-order valence-corrected chi connectivity index (χ0v) is 20.8. The number of methoxy groups -OCH3 is 1. The molecule has 1 heterocycles. The standard InChI is InChI=1S/C29H23FN2O4S/c1-36-22-13-10-19(11-14-22)17-31-28(33)20-12-15-27-25(16-20)32(18-21-6-2-4-8-24(21)30)29(34)23-7-3-5-9-26(23)37(27)35/h2-16H,17-18H2,1H3,(H,31,33). The molecule has 1 N–H and O–H groups in total. The summed E-state index contributed by atoms with van der Waals surface area (Å²) in [6.07, 6.45) is 0. The van der Waals surface area contributed by atoms with Crippen molar-refractivity contribution in [3.63, 3.8) is 0 Å². The number of nitrogens with one attached hydrogen (secondary N) is 1. The Bertz CT molecular complexity index is 1520. The second-order valence-electron chi connectivity index (χ2n) is 8.46. The maximum absolute atomic E-state index is 14.6. The number of fused-ring (bicyclic) bond motifs is 2. The number of carbonyl (C=O) groups is 2. The van der Waals surface area contributed by atoms with E-state index in [0.29, 0.717) is 26.6 Å². The van der Waals surface area contributed by atoms with E-state index in [2.05, 4.69) is 5.32 Å². The minimum Gasteiger partial charge on any atom is -0.497 e. The Kier molecular flexibility index (Phi) is 6.83. The van der Waals surface area contributed by atoms with E-state index in [1.54, 1.807) is 67.8 Å². The molecule has 8 heteroatoms. The van der Waals surface area contributed by atoms with Gasteiger partial charge in [-0.2, -0.15) is 0 Å². The molecule has 0 saturated heterocycles. The van der Waals surface area contributed by atoms with Gasteiger partial charge < -0.3 is 15.0 Å². The van der Waals surface area contributed by atoms with Crippen LogP contribution in [0.15, 0.2) is 101 Å². The van der Waals surface area contributed by atoms with Gasteiger partial charge in [-0.1, -0.05) is 42.5 Å². The molecule has 4 aromatic carbocycles. The van der Waals surface area contributed by atoms with Gasteiger partial charge in [0.25, 0.3) is 11.8 Å². The van der Waals surface area contributed by atoms with E-state index >= 15 is 0 Å². The highest BCUT2D eigenvalue weighted by Gasteiger charge is 2.32. The third kappa shape index (κ3) is 4.88. The van der Waals surface area contributed by atoms with Gasteiger partial charge in [-0.3, -0.25) is 9.59 Å². The first-order chi connectivity index (χ1) is 18.0. The van der Waals surface area contributed by atoms with Gasteiger partial charge in [0.2, 0.25) is 0 Å². The number of hydrogen-bond donors (Lipinski definition) is 1. The van der Waals surface area contributed by atoms with Crippen LogP contribution in [0.5, 0.6) is 5.75 Å². The predicted octanol–water partition coefficient (Wildman–Crippen LogP) is 5.09. The van der Waals surface area contributed by atoms with Crippen molar-refractivity contribution in [1.82, 2.24) is 5.32 Å². The number of nitrogens with zero attached hydrogens (tertiary/aromatic N) is 1. The molecule has 0 radical (unpaired) electrons. The lowest BCUT2D eigenvalue weighted by atomic mass is 10.1. The number of hydrogen-bond acceptors (Lipinski definition) is 4. The second kappa shape index (κ2) is 10.4. The molecular formula is C29H23FN2O4S. The first-order valence-corrected chi connectivity index (χ1v) is 12.7. The van der Waals surface area contributed by atoms with Crippen LogP contribution in [0.3, 0.4) is 0 Å². The highest BCUT2D eigenvalue weighted by Crippen LogP contribution is 2.36. The number of rotatable bonds is 6. The van der Waals surface area contributed by atoms with Gasteiger partial charge in [0.1, 0.15) is 11.6 Å². The van der Waals surface area contributed by atoms with E-state index in [4.69, 9.17) is 4.74 Å². The molecule has 186 valence electrons. The fourth-order valence-corrected chi connectivity index (χ4v) is 5.53. The second-order valence-corrected chi connectivity index (χ2v) is 9.88. The zero-order valence-electron chi connectivity index (χ0n) is 19.9. The van der Waals surface area contributed by atoms with Gasteiger partial charge in [0.05, 0.1) is 45.5 Å². The minimum absolute atomic E-state index is 0.0824. The van der Waals surface area contributed by atoms with E-state index in [0.717, 1.165) is 11.3 Å². The van der Waals surface area contributed by atoms with Gasteiger partial charge in [-0.05, 0) is 54.1 Å². The SMILES string of the molecule is COc1ccc(CNC(=O)c2ccc3c(c2)N(Cc2ccccc2F)C(=O)c2ccccc2S3=O)cc1. The first kappa shape index (κ1) is 24.4. The molecule has 1 atom stereocenters. The molecule has 0 fully saturated rings. The van der Waals surface area contributed by atoms with Crippen molar-refractivity contribution < 1.29 is 22.9 Å². The number of ether oxygens (including phenoxy) is 1. The highest BCUT2D eigenvalue weighted by molar-refractivity contribution is 7.85. The molecule has 0 aliphatic carbocycles. The molecule has 37 heavy (non-hydrogen) atoms. The molecule has 5 rings (SSSR count). The summed E-state index contributed by atoms with van der Waals surface area (Å²) in [4.78, 5) is 28.8. The Morgan fingerprint density at radius 1 is 0.946 bits per heavy atom. The summed E-state index contributed by atoms with van der Waals surface area (Å²) in [5.74, 6) is -0.510. The first-order valence-electron chi connectivity index (χ1n) is 11.6. The van der Waals surface area contributed by atoms with E-state index in [-0.39, 0.29) is 24.6 Å². The largest absolute Gasteiger partial charge is 0.497 e. The van der Waals surface area contributed by atoms with Gasteiger partial charge in [-0.25, -0.2) is 8.60 Å². The number of amides is 2. The molecular weight excluding hydrogens is 491 g/mol. The van der Waals surface area contributed by atoms with Crippen molar-refractivity contribution in [1.29, 1.82) is 0 Å². The summed E-state index contributed by atoms with van der Waals surface area (Å²) >= 11 is 0. The molecule has 1 aliphatic rings. The van der Waals surface area contributed by atoms with Crippen molar-refractivity contribution in [3.05, 3.63) is 119 Å². The summed E-state index contributed by atoms with van der Waals surface area (Å²) in [6.45, 7) is 0.204. The average Bonchev–Trinajstić information content (AvgIpc) is 3.02. The number of anilines is 1. The van der Waals surface area contributed by atoms with Gasteiger partial charge in [0, 0.05) is 17.7 Å². The minimum atomic E-state index is -1.67. The van der Waals surface area contributed by atoms with E-state index in [1.807, 2.05) is 24.3 Å². The Hall–Kier alpha value is -4.30. The fourth-order valence-electron chi connectivity index (χ4n) is 4.19. The number of benzene rings is 4. The average molecular weight is 515 g/mol.